The van der Waals surface area contributed by atoms with Crippen LogP contribution in [0.25, 0.3) is 0 Å². The lowest BCUT2D eigenvalue weighted by atomic mass is 10.0. The van der Waals surface area contributed by atoms with Gasteiger partial charge in [0.2, 0.25) is 0 Å². The molecule has 0 aliphatic rings. The Labute approximate surface area is 227 Å². The van der Waals surface area contributed by atoms with Crippen LogP contribution in [0.5, 0.6) is 23.0 Å². The number of benzene rings is 4. The third-order valence-electron chi connectivity index (χ3n) is 6.14. The molecule has 0 bridgehead atoms. The van der Waals surface area contributed by atoms with Crippen LogP contribution < -0.4 is 29.6 Å². The van der Waals surface area contributed by atoms with Gasteiger partial charge in [0.1, 0.15) is 34.1 Å². The lowest BCUT2D eigenvalue weighted by Gasteiger charge is -2.13. The molecule has 0 aliphatic heterocycles. The minimum atomic E-state index is -0.319. The van der Waals surface area contributed by atoms with Crippen molar-refractivity contribution in [2.75, 3.05) is 39.1 Å². The Morgan fingerprint density at radius 3 is 1.10 bits per heavy atom. The van der Waals surface area contributed by atoms with Crippen molar-refractivity contribution in [3.05, 3.63) is 107 Å². The maximum absolute atomic E-state index is 12.9. The van der Waals surface area contributed by atoms with Gasteiger partial charge in [-0.3, -0.25) is 9.59 Å². The van der Waals surface area contributed by atoms with Crippen molar-refractivity contribution in [3.63, 3.8) is 0 Å². The van der Waals surface area contributed by atoms with Crippen molar-refractivity contribution < 1.29 is 28.5 Å². The van der Waals surface area contributed by atoms with Gasteiger partial charge in [0.25, 0.3) is 11.8 Å². The van der Waals surface area contributed by atoms with Crippen LogP contribution >= 0.6 is 0 Å². The normalized spacial score (nSPS) is 10.4. The zero-order chi connectivity index (χ0) is 27.8. The molecule has 0 saturated heterocycles. The van der Waals surface area contributed by atoms with Crippen LogP contribution in [-0.2, 0) is 6.42 Å². The Morgan fingerprint density at radius 1 is 0.513 bits per heavy atom. The minimum Gasteiger partial charge on any atom is -0.496 e. The molecule has 4 aromatic carbocycles. The first-order valence-corrected chi connectivity index (χ1v) is 12.2. The first-order valence-electron chi connectivity index (χ1n) is 12.2. The van der Waals surface area contributed by atoms with Gasteiger partial charge in [0, 0.05) is 11.4 Å². The predicted octanol–water partition coefficient (Wildman–Crippen LogP) is 5.82. The van der Waals surface area contributed by atoms with Gasteiger partial charge >= 0.3 is 0 Å². The minimum absolute atomic E-state index is 0.319. The predicted molar refractivity (Wildman–Crippen MR) is 151 cm³/mol. The summed E-state index contributed by atoms with van der Waals surface area (Å²) in [7, 11) is 6.05. The van der Waals surface area contributed by atoms with E-state index in [1.807, 2.05) is 48.5 Å². The topological polar surface area (TPSA) is 95.1 Å². The summed E-state index contributed by atoms with van der Waals surface area (Å²) in [5.74, 6) is 1.10. The molecule has 0 aliphatic carbocycles. The van der Waals surface area contributed by atoms with Gasteiger partial charge in [-0.05, 0) is 66.1 Å². The van der Waals surface area contributed by atoms with Crippen molar-refractivity contribution in [3.8, 4) is 23.0 Å². The third-order valence-corrected chi connectivity index (χ3v) is 6.14. The Hall–Kier alpha value is -4.98. The number of rotatable bonds is 10. The van der Waals surface area contributed by atoms with Crippen molar-refractivity contribution in [1.82, 2.24) is 0 Å². The van der Waals surface area contributed by atoms with E-state index < -0.39 is 0 Å². The molecule has 4 aromatic rings. The largest absolute Gasteiger partial charge is 0.496 e. The Kier molecular flexibility index (Phi) is 8.68. The number of hydrogen-bond donors (Lipinski definition) is 2. The highest BCUT2D eigenvalue weighted by atomic mass is 16.5. The van der Waals surface area contributed by atoms with Crippen LogP contribution in [0.3, 0.4) is 0 Å². The van der Waals surface area contributed by atoms with Crippen LogP contribution in [0, 0.1) is 0 Å². The monoisotopic (exact) mass is 526 g/mol. The van der Waals surface area contributed by atoms with Gasteiger partial charge in [-0.2, -0.15) is 0 Å². The summed E-state index contributed by atoms with van der Waals surface area (Å²) in [5, 5.41) is 5.79. The van der Waals surface area contributed by atoms with Gasteiger partial charge in [0.15, 0.2) is 0 Å². The van der Waals surface area contributed by atoms with Crippen molar-refractivity contribution in [1.29, 1.82) is 0 Å². The zero-order valence-electron chi connectivity index (χ0n) is 22.2. The Balaban J connectivity index is 1.39. The molecule has 4 rings (SSSR count). The van der Waals surface area contributed by atoms with Gasteiger partial charge in [-0.25, -0.2) is 0 Å². The van der Waals surface area contributed by atoms with E-state index in [-0.39, 0.29) is 11.8 Å². The highest BCUT2D eigenvalue weighted by molar-refractivity contribution is 6.09. The van der Waals surface area contributed by atoms with Gasteiger partial charge in [-0.1, -0.05) is 36.4 Å². The molecule has 0 atom stereocenters. The maximum atomic E-state index is 12.9. The average Bonchev–Trinajstić information content (AvgIpc) is 2.97. The van der Waals surface area contributed by atoms with Crippen LogP contribution in [0.2, 0.25) is 0 Å². The molecule has 2 amide bonds. The standard InChI is InChI=1S/C31H30N2O6/c1-36-24-7-5-8-25(37-2)28(24)30(34)32-22-15-11-20(12-16-22)19-21-13-17-23(18-14-21)33-31(35)29-26(38-3)9-6-10-27(29)39-4/h5-18H,19H2,1-4H3,(H,32,34)(H,33,35). The lowest BCUT2D eigenvalue weighted by Crippen LogP contribution is -2.14. The second-order valence-corrected chi connectivity index (χ2v) is 8.55. The SMILES string of the molecule is COc1cccc(OC)c1C(=O)Nc1ccc(Cc2ccc(NC(=O)c3c(OC)cccc3OC)cc2)cc1. The molecule has 39 heavy (non-hydrogen) atoms. The highest BCUT2D eigenvalue weighted by Crippen LogP contribution is 2.30. The summed E-state index contributed by atoms with van der Waals surface area (Å²) in [4.78, 5) is 25.8. The number of nitrogens with one attached hydrogen (secondary N) is 2. The Bertz CT molecular complexity index is 1290. The van der Waals surface area contributed by atoms with Crippen LogP contribution in [0.1, 0.15) is 31.8 Å². The van der Waals surface area contributed by atoms with E-state index >= 15 is 0 Å². The molecule has 8 heteroatoms. The number of methoxy groups -OCH3 is 4. The molecule has 200 valence electrons. The number of carbonyl (C=O) groups excluding carboxylic acids is 2. The summed E-state index contributed by atoms with van der Waals surface area (Å²) in [6, 6.07) is 25.6. The van der Waals surface area contributed by atoms with Crippen molar-refractivity contribution in [2.24, 2.45) is 0 Å². The number of ether oxygens (including phenoxy) is 4. The quantitative estimate of drug-likeness (QED) is 0.271. The summed E-state index contributed by atoms with van der Waals surface area (Å²) in [5.41, 5.74) is 4.12. The first kappa shape index (κ1) is 27.1. The fraction of sp³-hybridized carbons (Fsp3) is 0.161. The smallest absolute Gasteiger partial charge is 0.263 e. The molecule has 0 radical (unpaired) electrons. The first-order chi connectivity index (χ1) is 19.0. The molecule has 2 N–H and O–H groups in total. The van der Waals surface area contributed by atoms with E-state index in [0.29, 0.717) is 51.9 Å². The number of carbonyl (C=O) groups is 2. The molecule has 0 fully saturated rings. The van der Waals surface area contributed by atoms with Crippen LogP contribution in [-0.4, -0.2) is 40.3 Å². The van der Waals surface area contributed by atoms with E-state index in [1.165, 1.54) is 28.4 Å². The number of anilines is 2. The van der Waals surface area contributed by atoms with Crippen LogP contribution in [0.4, 0.5) is 11.4 Å². The highest BCUT2D eigenvalue weighted by Gasteiger charge is 2.19. The molecule has 0 saturated carbocycles. The van der Waals surface area contributed by atoms with Crippen molar-refractivity contribution in [2.45, 2.75) is 6.42 Å². The fourth-order valence-electron chi connectivity index (χ4n) is 4.18. The van der Waals surface area contributed by atoms with Crippen molar-refractivity contribution >= 4 is 23.2 Å². The van der Waals surface area contributed by atoms with E-state index in [2.05, 4.69) is 10.6 Å². The molecule has 0 heterocycles. The fourth-order valence-corrected chi connectivity index (χ4v) is 4.18. The summed E-state index contributed by atoms with van der Waals surface area (Å²) < 4.78 is 21.3. The van der Waals surface area contributed by atoms with Gasteiger partial charge < -0.3 is 29.6 Å². The molecule has 8 nitrogen and oxygen atoms in total. The second-order valence-electron chi connectivity index (χ2n) is 8.55. The maximum Gasteiger partial charge on any atom is 0.263 e. The summed E-state index contributed by atoms with van der Waals surface area (Å²) in [6.07, 6.45) is 0.684. The van der Waals surface area contributed by atoms with Gasteiger partial charge in [0.05, 0.1) is 28.4 Å². The van der Waals surface area contributed by atoms with E-state index in [4.69, 9.17) is 18.9 Å². The summed E-state index contributed by atoms with van der Waals surface area (Å²) in [6.45, 7) is 0. The average molecular weight is 527 g/mol. The lowest BCUT2D eigenvalue weighted by molar-refractivity contribution is 0.101. The molecule has 0 aromatic heterocycles. The van der Waals surface area contributed by atoms with E-state index in [9.17, 15) is 9.59 Å². The Morgan fingerprint density at radius 2 is 0.821 bits per heavy atom. The number of amides is 2. The molecular weight excluding hydrogens is 496 g/mol. The molecule has 0 spiro atoms. The zero-order valence-corrected chi connectivity index (χ0v) is 22.2. The van der Waals surface area contributed by atoms with Gasteiger partial charge in [-0.15, -0.1) is 0 Å². The third kappa shape index (κ3) is 6.30. The van der Waals surface area contributed by atoms with E-state index in [0.717, 1.165) is 11.1 Å². The van der Waals surface area contributed by atoms with E-state index in [1.54, 1.807) is 36.4 Å². The second kappa shape index (κ2) is 12.5. The molecular formula is C31H30N2O6. The molecule has 0 unspecified atom stereocenters. The number of hydrogen-bond acceptors (Lipinski definition) is 6. The van der Waals surface area contributed by atoms with Crippen LogP contribution in [0.15, 0.2) is 84.9 Å². The summed E-state index contributed by atoms with van der Waals surface area (Å²) >= 11 is 0.